The lowest BCUT2D eigenvalue weighted by Crippen LogP contribution is -2.59. The summed E-state index contributed by atoms with van der Waals surface area (Å²) in [5.74, 6) is -3.01. The van der Waals surface area contributed by atoms with Crippen molar-refractivity contribution < 1.29 is 44.4 Å². The van der Waals surface area contributed by atoms with Crippen molar-refractivity contribution in [1.82, 2.24) is 21.3 Å². The zero-order valence-corrected chi connectivity index (χ0v) is 30.0. The van der Waals surface area contributed by atoms with Crippen molar-refractivity contribution in [3.8, 4) is 23.0 Å². The Morgan fingerprint density at radius 2 is 0.815 bits per heavy atom. The SMILES string of the molecule is N[C@@H](Cc1ccc(O)cc1)C(=O)N[C@@H](Cc1ccc(O)cc1)C(=O)N[C@@H](CS)C(=O)N[C@@H](Cc1ccc(O)cc1)C(=O)N[C@H](C=O)Cc1ccc(O)cc1. The first-order valence-electron chi connectivity index (χ1n) is 17.0. The molecule has 4 aromatic carbocycles. The fourth-order valence-electron chi connectivity index (χ4n) is 5.45. The topological polar surface area (TPSA) is 240 Å². The van der Waals surface area contributed by atoms with Gasteiger partial charge in [0, 0.05) is 18.6 Å². The number of benzene rings is 4. The highest BCUT2D eigenvalue weighted by Crippen LogP contribution is 2.15. The van der Waals surface area contributed by atoms with E-state index in [9.17, 15) is 44.4 Å². The Kier molecular flexibility index (Phi) is 14.8. The van der Waals surface area contributed by atoms with E-state index in [2.05, 4.69) is 33.9 Å². The van der Waals surface area contributed by atoms with Crippen LogP contribution in [0.1, 0.15) is 22.3 Å². The number of rotatable bonds is 18. The number of carbonyl (C=O) groups is 5. The number of nitrogens with one attached hydrogen (secondary N) is 4. The molecule has 0 saturated carbocycles. The fraction of sp³-hybridized carbons (Fsp3) is 0.256. The molecule has 5 atom stereocenters. The van der Waals surface area contributed by atoms with Crippen LogP contribution in [0.3, 0.4) is 0 Å². The maximum Gasteiger partial charge on any atom is 0.244 e. The fourth-order valence-corrected chi connectivity index (χ4v) is 5.71. The van der Waals surface area contributed by atoms with Gasteiger partial charge in [-0.05, 0) is 83.6 Å². The average Bonchev–Trinajstić information content (AvgIpc) is 3.16. The van der Waals surface area contributed by atoms with Gasteiger partial charge < -0.3 is 52.2 Å². The summed E-state index contributed by atoms with van der Waals surface area (Å²) in [6, 6.07) is 18.4. The molecule has 284 valence electrons. The highest BCUT2D eigenvalue weighted by atomic mass is 32.1. The minimum atomic E-state index is -1.29. The van der Waals surface area contributed by atoms with Gasteiger partial charge in [-0.15, -0.1) is 0 Å². The van der Waals surface area contributed by atoms with Crippen molar-refractivity contribution >= 4 is 42.5 Å². The van der Waals surface area contributed by atoms with Gasteiger partial charge in [-0.25, -0.2) is 0 Å². The van der Waals surface area contributed by atoms with Gasteiger partial charge in [-0.2, -0.15) is 12.6 Å². The first-order chi connectivity index (χ1) is 25.8. The Bertz CT molecular complexity index is 1870. The summed E-state index contributed by atoms with van der Waals surface area (Å²) in [6.45, 7) is 0. The number of hydrogen-bond acceptors (Lipinski definition) is 11. The van der Waals surface area contributed by atoms with Gasteiger partial charge in [0.2, 0.25) is 23.6 Å². The predicted molar refractivity (Wildman–Crippen MR) is 203 cm³/mol. The molecule has 15 heteroatoms. The molecule has 0 spiro atoms. The lowest BCUT2D eigenvalue weighted by molar-refractivity contribution is -0.133. The Labute approximate surface area is 317 Å². The number of phenols is 4. The molecule has 0 aliphatic heterocycles. The average molecular weight is 758 g/mol. The van der Waals surface area contributed by atoms with Crippen molar-refractivity contribution in [3.63, 3.8) is 0 Å². The number of hydrogen-bond donors (Lipinski definition) is 10. The van der Waals surface area contributed by atoms with Gasteiger partial charge in [0.1, 0.15) is 47.4 Å². The molecule has 0 saturated heterocycles. The monoisotopic (exact) mass is 757 g/mol. The van der Waals surface area contributed by atoms with Gasteiger partial charge in [0.15, 0.2) is 0 Å². The number of phenolic OH excluding ortho intramolecular Hbond substituents is 4. The third kappa shape index (κ3) is 12.6. The third-order valence-corrected chi connectivity index (χ3v) is 8.81. The first-order valence-corrected chi connectivity index (χ1v) is 17.6. The van der Waals surface area contributed by atoms with E-state index in [0.29, 0.717) is 28.5 Å². The molecule has 14 nitrogen and oxygen atoms in total. The second-order valence-corrected chi connectivity index (χ2v) is 13.1. The van der Waals surface area contributed by atoms with E-state index in [1.165, 1.54) is 48.5 Å². The van der Waals surface area contributed by atoms with Crippen molar-refractivity contribution in [3.05, 3.63) is 119 Å². The van der Waals surface area contributed by atoms with E-state index in [-0.39, 0.29) is 54.4 Å². The quantitative estimate of drug-likeness (QED) is 0.0514. The van der Waals surface area contributed by atoms with Crippen molar-refractivity contribution in [2.24, 2.45) is 5.73 Å². The van der Waals surface area contributed by atoms with Crippen LogP contribution in [0.2, 0.25) is 0 Å². The molecule has 0 aromatic heterocycles. The second kappa shape index (κ2) is 19.7. The summed E-state index contributed by atoms with van der Waals surface area (Å²) < 4.78 is 0. The predicted octanol–water partition coefficient (Wildman–Crippen LogP) is 1.17. The number of thiol groups is 1. The van der Waals surface area contributed by atoms with E-state index >= 15 is 0 Å². The van der Waals surface area contributed by atoms with E-state index in [0.717, 1.165) is 0 Å². The molecule has 54 heavy (non-hydrogen) atoms. The number of nitrogens with two attached hydrogens (primary N) is 1. The van der Waals surface area contributed by atoms with Crippen LogP contribution in [0.25, 0.3) is 0 Å². The number of amides is 4. The molecular weight excluding hydrogens is 715 g/mol. The Balaban J connectivity index is 1.49. The van der Waals surface area contributed by atoms with Crippen LogP contribution in [0, 0.1) is 0 Å². The largest absolute Gasteiger partial charge is 0.508 e. The lowest BCUT2D eigenvalue weighted by Gasteiger charge is -2.26. The van der Waals surface area contributed by atoms with Crippen LogP contribution < -0.4 is 27.0 Å². The molecule has 0 heterocycles. The molecule has 10 N–H and O–H groups in total. The zero-order chi connectivity index (χ0) is 39.2. The van der Waals surface area contributed by atoms with Gasteiger partial charge in [-0.3, -0.25) is 19.2 Å². The first kappa shape index (κ1) is 40.7. The number of carbonyl (C=O) groups excluding carboxylic acids is 5. The van der Waals surface area contributed by atoms with Crippen LogP contribution in [-0.4, -0.2) is 86.3 Å². The van der Waals surface area contributed by atoms with E-state index in [1.54, 1.807) is 48.5 Å². The molecule has 0 aliphatic rings. The van der Waals surface area contributed by atoms with Crippen molar-refractivity contribution in [1.29, 1.82) is 0 Å². The van der Waals surface area contributed by atoms with E-state index in [4.69, 9.17) is 5.73 Å². The highest BCUT2D eigenvalue weighted by molar-refractivity contribution is 7.80. The maximum absolute atomic E-state index is 13.7. The van der Waals surface area contributed by atoms with Crippen LogP contribution in [0.4, 0.5) is 0 Å². The zero-order valence-electron chi connectivity index (χ0n) is 29.1. The summed E-state index contributed by atoms with van der Waals surface area (Å²) in [6.07, 6.45) is 0.683. The van der Waals surface area contributed by atoms with Gasteiger partial charge in [0.25, 0.3) is 0 Å². The minimum Gasteiger partial charge on any atom is -0.508 e. The molecule has 0 bridgehead atoms. The summed E-state index contributed by atoms with van der Waals surface area (Å²) in [5.41, 5.74) is 8.66. The van der Waals surface area contributed by atoms with Crippen molar-refractivity contribution in [2.45, 2.75) is 55.9 Å². The van der Waals surface area contributed by atoms with Crippen LogP contribution >= 0.6 is 12.6 Å². The highest BCUT2D eigenvalue weighted by Gasteiger charge is 2.31. The van der Waals surface area contributed by atoms with Gasteiger partial charge >= 0.3 is 0 Å². The minimum absolute atomic E-state index is 0.00257. The standard InChI is InChI=1S/C39H43N5O9S/c40-32(18-24-3-11-29(47)12-4-24)36(50)42-34(20-26-7-15-31(49)16-8-26)38(52)44-35(22-54)39(53)43-33(19-25-5-13-30(48)14-6-25)37(51)41-27(21-45)17-23-1-9-28(46)10-2-23/h1-16,21,27,32-35,46-49,54H,17-20,22,40H2,(H,41,51)(H,42,50)(H,43,53)(H,44,52)/t27-,32-,33-,34-,35-/m0/s1. The summed E-state index contributed by atoms with van der Waals surface area (Å²) in [5, 5.41) is 49.2. The van der Waals surface area contributed by atoms with Gasteiger partial charge in [0.05, 0.1) is 12.1 Å². The molecule has 4 rings (SSSR count). The molecule has 4 aromatic rings. The van der Waals surface area contributed by atoms with Crippen LogP contribution in [0.5, 0.6) is 23.0 Å². The normalized spacial score (nSPS) is 13.7. The lowest BCUT2D eigenvalue weighted by atomic mass is 10.0. The second-order valence-electron chi connectivity index (χ2n) is 12.7. The molecule has 0 aliphatic carbocycles. The third-order valence-electron chi connectivity index (χ3n) is 8.45. The Hall–Kier alpha value is -6.06. The summed E-state index contributed by atoms with van der Waals surface area (Å²) >= 11 is 4.27. The summed E-state index contributed by atoms with van der Waals surface area (Å²) in [7, 11) is 0. The van der Waals surface area contributed by atoms with Crippen LogP contribution in [-0.2, 0) is 49.7 Å². The van der Waals surface area contributed by atoms with E-state index in [1.807, 2.05) is 0 Å². The van der Waals surface area contributed by atoms with Crippen molar-refractivity contribution in [2.75, 3.05) is 5.75 Å². The van der Waals surface area contributed by atoms with Crippen LogP contribution in [0.15, 0.2) is 97.1 Å². The summed E-state index contributed by atoms with van der Waals surface area (Å²) in [4.78, 5) is 66.2. The molecule has 0 unspecified atom stereocenters. The Morgan fingerprint density at radius 1 is 0.500 bits per heavy atom. The van der Waals surface area contributed by atoms with Gasteiger partial charge in [-0.1, -0.05) is 48.5 Å². The number of aromatic hydroxyl groups is 4. The molecule has 0 fully saturated rings. The Morgan fingerprint density at radius 3 is 1.20 bits per heavy atom. The molecule has 0 radical (unpaired) electrons. The maximum atomic E-state index is 13.7. The molecule has 4 amide bonds. The van der Waals surface area contributed by atoms with E-state index < -0.39 is 53.8 Å². The molecular formula is C39H43N5O9S. The smallest absolute Gasteiger partial charge is 0.244 e. The number of aldehydes is 1.